The molecule has 2 aromatic carbocycles. The van der Waals surface area contributed by atoms with Crippen molar-refractivity contribution in [3.05, 3.63) is 63.6 Å². The van der Waals surface area contributed by atoms with Crippen molar-refractivity contribution in [3.63, 3.8) is 0 Å². The largest absolute Gasteiger partial charge is 0.325 e. The van der Waals surface area contributed by atoms with Gasteiger partial charge < -0.3 is 5.32 Å². The number of amides is 1. The van der Waals surface area contributed by atoms with Crippen LogP contribution in [0.4, 0.5) is 5.69 Å². The number of benzene rings is 2. The predicted octanol–water partition coefficient (Wildman–Crippen LogP) is 6.93. The van der Waals surface area contributed by atoms with Gasteiger partial charge in [0.15, 0.2) is 5.66 Å². The molecule has 1 spiro atoms. The van der Waals surface area contributed by atoms with Gasteiger partial charge in [0.1, 0.15) is 5.04 Å². The predicted molar refractivity (Wildman–Crippen MR) is 133 cm³/mol. The van der Waals surface area contributed by atoms with E-state index < -0.39 is 0 Å². The highest BCUT2D eigenvalue weighted by Gasteiger charge is 2.37. The van der Waals surface area contributed by atoms with Crippen LogP contribution in [-0.4, -0.2) is 28.1 Å². The van der Waals surface area contributed by atoms with E-state index in [0.29, 0.717) is 15.7 Å². The van der Waals surface area contributed by atoms with Gasteiger partial charge in [-0.25, -0.2) is 4.99 Å². The zero-order valence-electron chi connectivity index (χ0n) is 17.5. The highest BCUT2D eigenvalue weighted by molar-refractivity contribution is 8.16. The first-order chi connectivity index (χ1) is 14.9. The lowest BCUT2D eigenvalue weighted by atomic mass is 10.0. The Morgan fingerprint density at radius 1 is 1.00 bits per heavy atom. The number of rotatable bonds is 4. The second-order valence-electron chi connectivity index (χ2n) is 8.11. The molecule has 1 aliphatic heterocycles. The van der Waals surface area contributed by atoms with Gasteiger partial charge in [-0.2, -0.15) is 0 Å². The van der Waals surface area contributed by atoms with Gasteiger partial charge in [-0.3, -0.25) is 9.79 Å². The molecule has 4 rings (SSSR count). The third-order valence-corrected chi connectivity index (χ3v) is 7.31. The highest BCUT2D eigenvalue weighted by Crippen LogP contribution is 2.38. The molecule has 1 amide bonds. The van der Waals surface area contributed by atoms with Crippen molar-refractivity contribution in [1.29, 1.82) is 0 Å². The Morgan fingerprint density at radius 2 is 1.71 bits per heavy atom. The summed E-state index contributed by atoms with van der Waals surface area (Å²) >= 11 is 13.5. The molecule has 1 N–H and O–H groups in total. The van der Waals surface area contributed by atoms with Gasteiger partial charge in [-0.1, -0.05) is 77.6 Å². The SMILES string of the molecule is Cc1ccc(C2=NC3(CCCCCC3)N=C2SCC(=O)Nc2ccc(Cl)c(Cl)c2)cc1. The summed E-state index contributed by atoms with van der Waals surface area (Å²) in [6.45, 7) is 2.07. The molecule has 31 heavy (non-hydrogen) atoms. The summed E-state index contributed by atoms with van der Waals surface area (Å²) in [6.07, 6.45) is 6.71. The molecule has 1 saturated carbocycles. The van der Waals surface area contributed by atoms with E-state index in [4.69, 9.17) is 33.2 Å². The molecule has 1 heterocycles. The summed E-state index contributed by atoms with van der Waals surface area (Å²) in [4.78, 5) is 22.8. The maximum atomic E-state index is 12.6. The fraction of sp³-hybridized carbons (Fsp3) is 0.375. The fourth-order valence-corrected chi connectivity index (χ4v) is 5.12. The number of halogens is 2. The lowest BCUT2D eigenvalue weighted by molar-refractivity contribution is -0.113. The van der Waals surface area contributed by atoms with E-state index in [-0.39, 0.29) is 17.3 Å². The van der Waals surface area contributed by atoms with Gasteiger partial charge >= 0.3 is 0 Å². The van der Waals surface area contributed by atoms with Gasteiger partial charge in [0.2, 0.25) is 5.91 Å². The molecule has 1 fully saturated rings. The van der Waals surface area contributed by atoms with Gasteiger partial charge in [0.25, 0.3) is 0 Å². The first-order valence-electron chi connectivity index (χ1n) is 10.6. The lowest BCUT2D eigenvalue weighted by Crippen LogP contribution is -2.20. The van der Waals surface area contributed by atoms with Crippen molar-refractivity contribution >= 4 is 57.3 Å². The van der Waals surface area contributed by atoms with Gasteiger partial charge in [-0.15, -0.1) is 0 Å². The number of aryl methyl sites for hydroxylation is 1. The van der Waals surface area contributed by atoms with Gasteiger partial charge in [0.05, 0.1) is 21.5 Å². The standard InChI is InChI=1S/C24H25Cl2N3OS/c1-16-6-8-17(9-7-16)22-23(29-24(28-22)12-4-2-3-5-13-24)31-15-21(30)27-18-10-11-19(25)20(26)14-18/h6-11,14H,2-5,12-13,15H2,1H3,(H,27,30). The van der Waals surface area contributed by atoms with E-state index >= 15 is 0 Å². The Balaban J connectivity index is 1.51. The van der Waals surface area contributed by atoms with Crippen molar-refractivity contribution in [2.75, 3.05) is 11.1 Å². The number of hydrogen-bond donors (Lipinski definition) is 1. The molecule has 0 atom stereocenters. The maximum absolute atomic E-state index is 12.6. The van der Waals surface area contributed by atoms with Crippen LogP contribution in [0.3, 0.4) is 0 Å². The Labute approximate surface area is 197 Å². The minimum Gasteiger partial charge on any atom is -0.325 e. The van der Waals surface area contributed by atoms with E-state index in [9.17, 15) is 4.79 Å². The summed E-state index contributed by atoms with van der Waals surface area (Å²) in [5.41, 5.74) is 3.44. The molecule has 0 saturated heterocycles. The summed E-state index contributed by atoms with van der Waals surface area (Å²) in [7, 11) is 0. The van der Waals surface area contributed by atoms with Crippen LogP contribution in [0.25, 0.3) is 0 Å². The normalized spacial score (nSPS) is 17.8. The Kier molecular flexibility index (Phi) is 7.05. The molecule has 2 aromatic rings. The van der Waals surface area contributed by atoms with Crippen LogP contribution in [0.2, 0.25) is 10.0 Å². The Bertz CT molecular complexity index is 1030. The molecule has 0 unspecified atom stereocenters. The summed E-state index contributed by atoms with van der Waals surface area (Å²) in [6, 6.07) is 13.4. The zero-order chi connectivity index (χ0) is 21.8. The van der Waals surface area contributed by atoms with Crippen molar-refractivity contribution < 1.29 is 4.79 Å². The van der Waals surface area contributed by atoms with E-state index in [1.54, 1.807) is 18.2 Å². The molecule has 1 aliphatic carbocycles. The smallest absolute Gasteiger partial charge is 0.234 e. The highest BCUT2D eigenvalue weighted by atomic mass is 35.5. The maximum Gasteiger partial charge on any atom is 0.234 e. The number of carbonyl (C=O) groups excluding carboxylic acids is 1. The van der Waals surface area contributed by atoms with Crippen LogP contribution in [0.15, 0.2) is 52.4 Å². The second-order valence-corrected chi connectivity index (χ2v) is 9.88. The van der Waals surface area contributed by atoms with Crippen molar-refractivity contribution in [2.45, 2.75) is 51.1 Å². The number of nitrogens with zero attached hydrogens (tertiary/aromatic N) is 2. The van der Waals surface area contributed by atoms with Crippen LogP contribution in [-0.2, 0) is 4.79 Å². The number of thioether (sulfide) groups is 1. The fourth-order valence-electron chi connectivity index (χ4n) is 3.95. The molecular formula is C24H25Cl2N3OS. The molecule has 4 nitrogen and oxygen atoms in total. The average Bonchev–Trinajstić information content (AvgIpc) is 2.94. The number of hydrogen-bond acceptors (Lipinski definition) is 4. The number of aliphatic imine (C=N–C) groups is 2. The first kappa shape index (κ1) is 22.4. The van der Waals surface area contributed by atoms with Crippen LogP contribution in [0, 0.1) is 6.92 Å². The Hall–Kier alpha value is -1.82. The quantitative estimate of drug-likeness (QED) is 0.523. The molecular weight excluding hydrogens is 449 g/mol. The monoisotopic (exact) mass is 473 g/mol. The number of anilines is 1. The molecule has 0 aromatic heterocycles. The topological polar surface area (TPSA) is 53.8 Å². The minimum atomic E-state index is -0.362. The van der Waals surface area contributed by atoms with Crippen molar-refractivity contribution in [1.82, 2.24) is 0 Å². The van der Waals surface area contributed by atoms with E-state index in [1.165, 1.54) is 30.2 Å². The van der Waals surface area contributed by atoms with Gasteiger partial charge in [0, 0.05) is 11.3 Å². The van der Waals surface area contributed by atoms with Crippen LogP contribution in [0.5, 0.6) is 0 Å². The third kappa shape index (κ3) is 5.51. The van der Waals surface area contributed by atoms with Crippen LogP contribution in [0.1, 0.15) is 49.7 Å². The lowest BCUT2D eigenvalue weighted by Gasteiger charge is -2.20. The van der Waals surface area contributed by atoms with Crippen LogP contribution >= 0.6 is 35.0 Å². The third-order valence-electron chi connectivity index (χ3n) is 5.60. The molecule has 7 heteroatoms. The van der Waals surface area contributed by atoms with Crippen molar-refractivity contribution in [2.24, 2.45) is 9.98 Å². The average molecular weight is 474 g/mol. The van der Waals surface area contributed by atoms with Gasteiger partial charge in [-0.05, 0) is 50.8 Å². The van der Waals surface area contributed by atoms with E-state index in [2.05, 4.69) is 36.5 Å². The van der Waals surface area contributed by atoms with E-state index in [0.717, 1.165) is 42.0 Å². The van der Waals surface area contributed by atoms with E-state index in [1.807, 2.05) is 0 Å². The molecule has 162 valence electrons. The summed E-state index contributed by atoms with van der Waals surface area (Å²) in [5, 5.41) is 4.61. The number of carbonyl (C=O) groups is 1. The summed E-state index contributed by atoms with van der Waals surface area (Å²) < 4.78 is 0. The second kappa shape index (κ2) is 9.76. The number of nitrogens with one attached hydrogen (secondary N) is 1. The van der Waals surface area contributed by atoms with Crippen LogP contribution < -0.4 is 5.32 Å². The molecule has 0 bridgehead atoms. The summed E-state index contributed by atoms with van der Waals surface area (Å²) in [5.74, 6) is 0.135. The minimum absolute atomic E-state index is 0.115. The molecule has 2 aliphatic rings. The van der Waals surface area contributed by atoms with Crippen molar-refractivity contribution in [3.8, 4) is 0 Å². The zero-order valence-corrected chi connectivity index (χ0v) is 19.8. The first-order valence-corrected chi connectivity index (χ1v) is 12.3. The Morgan fingerprint density at radius 3 is 2.39 bits per heavy atom. The molecule has 0 radical (unpaired) electrons.